The van der Waals surface area contributed by atoms with E-state index in [2.05, 4.69) is 23.5 Å². The molecule has 1 aliphatic heterocycles. The maximum Gasteiger partial charge on any atom is 0.324 e. The monoisotopic (exact) mass is 463 g/mol. The summed E-state index contributed by atoms with van der Waals surface area (Å²) in [5.41, 5.74) is 4.89. The molecule has 0 radical (unpaired) electrons. The van der Waals surface area contributed by atoms with Crippen LogP contribution in [0, 0.1) is 25.6 Å². The minimum Gasteiger partial charge on any atom is -0.493 e. The molecule has 0 saturated carbocycles. The number of rotatable bonds is 6. The molecular formula is C27H30FN3O3. The molecule has 3 aromatic rings. The molecule has 2 amide bonds. The first-order chi connectivity index (χ1) is 16.4. The fourth-order valence-corrected chi connectivity index (χ4v) is 4.04. The third-order valence-corrected chi connectivity index (χ3v) is 6.22. The lowest BCUT2D eigenvalue weighted by atomic mass is 9.91. The maximum atomic E-state index is 13.3. The number of halogens is 1. The molecule has 1 aromatic heterocycles. The number of likely N-dealkylation sites (tertiary alicyclic amines) is 1. The highest BCUT2D eigenvalue weighted by atomic mass is 19.1. The van der Waals surface area contributed by atoms with E-state index in [4.69, 9.17) is 9.26 Å². The zero-order valence-electron chi connectivity index (χ0n) is 19.8. The van der Waals surface area contributed by atoms with Crippen molar-refractivity contribution in [1.82, 2.24) is 10.1 Å². The molecule has 2 aromatic carbocycles. The van der Waals surface area contributed by atoms with E-state index in [1.807, 2.05) is 49.1 Å². The molecule has 1 saturated heterocycles. The number of nitrogens with one attached hydrogen (secondary N) is 1. The summed E-state index contributed by atoms with van der Waals surface area (Å²) in [6, 6.07) is 14.4. The summed E-state index contributed by atoms with van der Waals surface area (Å²) in [6.45, 7) is 7.60. The van der Waals surface area contributed by atoms with Crippen molar-refractivity contribution in [2.24, 2.45) is 5.92 Å². The van der Waals surface area contributed by atoms with Crippen molar-refractivity contribution in [2.45, 2.75) is 33.6 Å². The van der Waals surface area contributed by atoms with Crippen LogP contribution < -0.4 is 10.1 Å². The highest BCUT2D eigenvalue weighted by molar-refractivity contribution is 5.88. The summed E-state index contributed by atoms with van der Waals surface area (Å²) in [4.78, 5) is 14.5. The number of amides is 2. The Morgan fingerprint density at radius 1 is 1.26 bits per heavy atom. The van der Waals surface area contributed by atoms with Gasteiger partial charge >= 0.3 is 6.03 Å². The average molecular weight is 464 g/mol. The quantitative estimate of drug-likeness (QED) is 0.486. The molecule has 1 atom stereocenters. The third kappa shape index (κ3) is 5.84. The van der Waals surface area contributed by atoms with E-state index >= 15 is 0 Å². The molecule has 1 aliphatic rings. The molecule has 1 N–H and O–H groups in total. The lowest BCUT2D eigenvalue weighted by Gasteiger charge is -2.33. The molecule has 1 fully saturated rings. The normalized spacial score (nSPS) is 17.1. The van der Waals surface area contributed by atoms with Gasteiger partial charge in [-0.1, -0.05) is 48.0 Å². The predicted molar refractivity (Wildman–Crippen MR) is 130 cm³/mol. The number of aryl methyl sites for hydroxylation is 1. The first-order valence-electron chi connectivity index (χ1n) is 11.6. The average Bonchev–Trinajstić information content (AvgIpc) is 3.13. The van der Waals surface area contributed by atoms with E-state index in [0.29, 0.717) is 32.0 Å². The molecular weight excluding hydrogens is 433 g/mol. The van der Waals surface area contributed by atoms with Crippen LogP contribution in [0.4, 0.5) is 15.1 Å². The molecule has 7 heteroatoms. The predicted octanol–water partition coefficient (Wildman–Crippen LogP) is 6.01. The number of carbonyl (C=O) groups excluding carboxylic acids is 1. The molecule has 0 spiro atoms. The Labute approximate surface area is 199 Å². The highest BCUT2D eigenvalue weighted by Gasteiger charge is 2.25. The second kappa shape index (κ2) is 10.5. The van der Waals surface area contributed by atoms with Gasteiger partial charge in [0.25, 0.3) is 0 Å². The van der Waals surface area contributed by atoms with Crippen molar-refractivity contribution in [3.05, 3.63) is 82.3 Å². The number of hydrogen-bond donors (Lipinski definition) is 1. The number of piperidine rings is 1. The van der Waals surface area contributed by atoms with Gasteiger partial charge in [0.1, 0.15) is 11.6 Å². The van der Waals surface area contributed by atoms with Gasteiger partial charge in [0.15, 0.2) is 0 Å². The Balaban J connectivity index is 1.32. The van der Waals surface area contributed by atoms with Crippen LogP contribution in [0.15, 0.2) is 58.6 Å². The number of anilines is 1. The summed E-state index contributed by atoms with van der Waals surface area (Å²) in [5, 5.41) is 6.72. The maximum absolute atomic E-state index is 13.3. The summed E-state index contributed by atoms with van der Waals surface area (Å²) in [7, 11) is 0. The number of benzene rings is 2. The van der Waals surface area contributed by atoms with Crippen molar-refractivity contribution in [3.8, 4) is 5.75 Å². The van der Waals surface area contributed by atoms with E-state index < -0.39 is 0 Å². The van der Waals surface area contributed by atoms with Crippen LogP contribution in [0.2, 0.25) is 0 Å². The SMILES string of the molecule is Cc1noc(NC(=O)N2CC/C(=C\c3cccc(OCCc4cccc(F)c4)c3)C(C)C2)c1C. The number of aromatic nitrogens is 1. The minimum atomic E-state index is -0.230. The van der Waals surface area contributed by atoms with Crippen molar-refractivity contribution in [1.29, 1.82) is 0 Å². The topological polar surface area (TPSA) is 67.6 Å². The molecule has 178 valence electrons. The lowest BCUT2D eigenvalue weighted by molar-refractivity contribution is 0.197. The molecule has 0 bridgehead atoms. The van der Waals surface area contributed by atoms with Gasteiger partial charge in [0.05, 0.1) is 12.3 Å². The van der Waals surface area contributed by atoms with Crippen LogP contribution >= 0.6 is 0 Å². The fourth-order valence-electron chi connectivity index (χ4n) is 4.04. The zero-order chi connectivity index (χ0) is 24.1. The fraction of sp³-hybridized carbons (Fsp3) is 0.333. The smallest absolute Gasteiger partial charge is 0.324 e. The number of hydrogen-bond acceptors (Lipinski definition) is 4. The van der Waals surface area contributed by atoms with Crippen molar-refractivity contribution in [3.63, 3.8) is 0 Å². The molecule has 0 aliphatic carbocycles. The van der Waals surface area contributed by atoms with Gasteiger partial charge in [-0.15, -0.1) is 0 Å². The van der Waals surface area contributed by atoms with E-state index in [-0.39, 0.29) is 17.8 Å². The van der Waals surface area contributed by atoms with Gasteiger partial charge in [-0.3, -0.25) is 5.32 Å². The van der Waals surface area contributed by atoms with E-state index in [1.54, 1.807) is 6.07 Å². The van der Waals surface area contributed by atoms with Gasteiger partial charge in [0.2, 0.25) is 5.88 Å². The first-order valence-corrected chi connectivity index (χ1v) is 11.6. The standard InChI is InChI=1S/C27H30FN3O3/c1-18-17-31(27(32)29-26-19(2)20(3)30-34-26)12-10-23(18)14-22-7-5-9-25(16-22)33-13-11-21-6-4-8-24(28)15-21/h4-9,14-16,18H,10-13,17H2,1-3H3,(H,29,32)/b23-14+. The van der Waals surface area contributed by atoms with Crippen molar-refractivity contribution < 1.29 is 18.4 Å². The first kappa shape index (κ1) is 23.5. The van der Waals surface area contributed by atoms with Gasteiger partial charge < -0.3 is 14.2 Å². The molecule has 1 unspecified atom stereocenters. The second-order valence-electron chi connectivity index (χ2n) is 8.77. The van der Waals surface area contributed by atoms with Gasteiger partial charge in [-0.2, -0.15) is 0 Å². The Morgan fingerprint density at radius 2 is 2.09 bits per heavy atom. The summed E-state index contributed by atoms with van der Waals surface area (Å²) in [6.07, 6.45) is 3.63. The van der Waals surface area contributed by atoms with Crippen LogP contribution in [0.5, 0.6) is 5.75 Å². The molecule has 4 rings (SSSR count). The van der Waals surface area contributed by atoms with Crippen LogP contribution in [0.1, 0.15) is 35.7 Å². The van der Waals surface area contributed by atoms with Gasteiger partial charge in [-0.25, -0.2) is 9.18 Å². The third-order valence-electron chi connectivity index (χ3n) is 6.22. The summed E-state index contributed by atoms with van der Waals surface area (Å²) < 4.78 is 24.4. The number of nitrogens with zero attached hydrogens (tertiary/aromatic N) is 2. The lowest BCUT2D eigenvalue weighted by Crippen LogP contribution is -2.42. The highest BCUT2D eigenvalue weighted by Crippen LogP contribution is 2.27. The number of urea groups is 1. The molecule has 2 heterocycles. The largest absolute Gasteiger partial charge is 0.493 e. The summed E-state index contributed by atoms with van der Waals surface area (Å²) >= 11 is 0. The number of carbonyl (C=O) groups is 1. The Morgan fingerprint density at radius 3 is 2.82 bits per heavy atom. The van der Waals surface area contributed by atoms with E-state index in [0.717, 1.165) is 34.6 Å². The van der Waals surface area contributed by atoms with Crippen LogP contribution in [-0.4, -0.2) is 35.8 Å². The van der Waals surface area contributed by atoms with E-state index in [1.165, 1.54) is 17.7 Å². The van der Waals surface area contributed by atoms with Gasteiger partial charge in [-0.05, 0) is 61.6 Å². The van der Waals surface area contributed by atoms with Gasteiger partial charge in [0, 0.05) is 25.1 Å². The minimum absolute atomic E-state index is 0.168. The van der Waals surface area contributed by atoms with Crippen LogP contribution in [-0.2, 0) is 6.42 Å². The Kier molecular flexibility index (Phi) is 7.30. The Hall–Kier alpha value is -3.61. The zero-order valence-corrected chi connectivity index (χ0v) is 19.8. The van der Waals surface area contributed by atoms with Crippen molar-refractivity contribution >= 4 is 18.0 Å². The molecule has 6 nitrogen and oxygen atoms in total. The number of ether oxygens (including phenoxy) is 1. The Bertz CT molecular complexity index is 1190. The second-order valence-corrected chi connectivity index (χ2v) is 8.77. The molecule has 34 heavy (non-hydrogen) atoms. The van der Waals surface area contributed by atoms with Crippen molar-refractivity contribution in [2.75, 3.05) is 25.0 Å². The summed E-state index contributed by atoms with van der Waals surface area (Å²) in [5.74, 6) is 1.19. The van der Waals surface area contributed by atoms with Crippen LogP contribution in [0.25, 0.3) is 6.08 Å². The van der Waals surface area contributed by atoms with E-state index in [9.17, 15) is 9.18 Å². The van der Waals surface area contributed by atoms with Crippen LogP contribution in [0.3, 0.4) is 0 Å².